The van der Waals surface area contributed by atoms with E-state index >= 15 is 0 Å². The Kier molecular flexibility index (Phi) is 5.68. The van der Waals surface area contributed by atoms with Crippen molar-refractivity contribution in [2.75, 3.05) is 13.3 Å². The molecule has 0 saturated heterocycles. The molecule has 0 aliphatic carbocycles. The molecule has 6 unspecified atom stereocenters. The van der Waals surface area contributed by atoms with Crippen LogP contribution in [0.1, 0.15) is 0 Å². The van der Waals surface area contributed by atoms with Gasteiger partial charge in [0.1, 0.15) is 0 Å². The third kappa shape index (κ3) is 4.05. The van der Waals surface area contributed by atoms with Crippen molar-refractivity contribution in [3.63, 3.8) is 0 Å². The monoisotopic (exact) mass is 318 g/mol. The highest BCUT2D eigenvalue weighted by molar-refractivity contribution is 7.40. The van der Waals surface area contributed by atoms with Crippen molar-refractivity contribution in [3.05, 3.63) is 0 Å². The van der Waals surface area contributed by atoms with Crippen LogP contribution >= 0.6 is 56.3 Å². The second kappa shape index (κ2) is 6.07. The molecule has 84 valence electrons. The Bertz CT molecular complexity index is 277. The topological polar surface area (TPSA) is 48.4 Å². The molecule has 1 heterocycles. The highest BCUT2D eigenvalue weighted by atomic mass is 31.1. The minimum Gasteiger partial charge on any atom is -0.310 e. The van der Waals surface area contributed by atoms with E-state index in [0.29, 0.717) is 17.8 Å². The summed E-state index contributed by atoms with van der Waals surface area (Å²) in [5, 5.41) is 0. The fraction of sp³-hybridized carbons (Fsp3) is 0. The predicted molar refractivity (Wildman–Crippen MR) is 85.5 cm³/mol. The first-order valence-electron chi connectivity index (χ1n) is 3.56. The molecule has 0 aromatic carbocycles. The van der Waals surface area contributed by atoms with Gasteiger partial charge in [-0.05, 0) is 56.3 Å². The molecule has 6 atom stereocenters. The normalized spacial score (nSPS) is 10.0. The van der Waals surface area contributed by atoms with Gasteiger partial charge in [-0.15, -0.1) is 0 Å². The zero-order valence-electron chi connectivity index (χ0n) is 7.65. The minimum absolute atomic E-state index is 0.537. The third-order valence-corrected chi connectivity index (χ3v) is 2.68. The number of aromatic nitrogens is 3. The summed E-state index contributed by atoms with van der Waals surface area (Å²) in [5.74, 6) is 1.61. The van der Waals surface area contributed by atoms with Crippen LogP contribution in [0.25, 0.3) is 0 Å². The second-order valence-electron chi connectivity index (χ2n) is 2.46. The molecule has 0 fully saturated rings. The summed E-state index contributed by atoms with van der Waals surface area (Å²) in [7, 11) is 14.8. The number of hydrogen-bond donors (Lipinski definition) is 0. The predicted octanol–water partition coefficient (Wildman–Crippen LogP) is 1.03. The molecule has 1 aromatic heterocycles. The van der Waals surface area contributed by atoms with Gasteiger partial charge in [-0.2, -0.15) is 15.0 Å². The molecule has 1 aromatic rings. The van der Waals surface area contributed by atoms with Gasteiger partial charge in [-0.3, -0.25) is 0 Å². The Morgan fingerprint density at radius 3 is 0.867 bits per heavy atom. The Morgan fingerprint density at radius 2 is 0.733 bits per heavy atom. The zero-order chi connectivity index (χ0) is 11.6. The van der Waals surface area contributed by atoms with Gasteiger partial charge in [0.2, 0.25) is 17.8 Å². The van der Waals surface area contributed by atoms with Gasteiger partial charge >= 0.3 is 0 Å². The SMILES string of the molecule is PN(P)c1nc(N(P)P)nc(N(P)P)n1. The highest BCUT2D eigenvalue weighted by Crippen LogP contribution is 2.28. The first kappa shape index (κ1) is 14.1. The lowest BCUT2D eigenvalue weighted by Crippen LogP contribution is -2.09. The van der Waals surface area contributed by atoms with Gasteiger partial charge in [0.15, 0.2) is 0 Å². The van der Waals surface area contributed by atoms with Gasteiger partial charge in [-0.25, -0.2) is 0 Å². The van der Waals surface area contributed by atoms with Crippen molar-refractivity contribution in [1.29, 1.82) is 0 Å². The van der Waals surface area contributed by atoms with Gasteiger partial charge in [0.25, 0.3) is 0 Å². The van der Waals surface area contributed by atoms with Crippen LogP contribution in [-0.2, 0) is 0 Å². The third-order valence-electron chi connectivity index (χ3n) is 1.29. The summed E-state index contributed by atoms with van der Waals surface area (Å²) >= 11 is 0. The smallest absolute Gasteiger partial charge is 0.237 e. The van der Waals surface area contributed by atoms with Crippen LogP contribution in [0, 0.1) is 0 Å². The average Bonchev–Trinajstić information content (AvgIpc) is 2.16. The van der Waals surface area contributed by atoms with E-state index in [9.17, 15) is 0 Å². The van der Waals surface area contributed by atoms with E-state index in [4.69, 9.17) is 0 Å². The molecule has 15 heavy (non-hydrogen) atoms. The molecule has 1 rings (SSSR count). The Morgan fingerprint density at radius 1 is 0.533 bits per heavy atom. The molecule has 6 nitrogen and oxygen atoms in total. The van der Waals surface area contributed by atoms with E-state index < -0.39 is 0 Å². The van der Waals surface area contributed by atoms with Crippen LogP contribution in [-0.4, -0.2) is 15.0 Å². The summed E-state index contributed by atoms with van der Waals surface area (Å²) in [6, 6.07) is 0. The molecule has 0 bridgehead atoms. The van der Waals surface area contributed by atoms with Gasteiger partial charge in [0, 0.05) is 0 Å². The van der Waals surface area contributed by atoms with Crippen molar-refractivity contribution >= 4 is 74.2 Å². The first-order chi connectivity index (χ1) is 6.91. The molecule has 0 amide bonds. The highest BCUT2D eigenvalue weighted by Gasteiger charge is 2.10. The zero-order valence-corrected chi connectivity index (χ0v) is 14.6. The number of nitrogens with zero attached hydrogens (tertiary/aromatic N) is 6. The van der Waals surface area contributed by atoms with Crippen molar-refractivity contribution in [2.45, 2.75) is 0 Å². The lowest BCUT2D eigenvalue weighted by atomic mass is 10.8. The average molecular weight is 318 g/mol. The van der Waals surface area contributed by atoms with Gasteiger partial charge in [-0.1, -0.05) is 0 Å². The largest absolute Gasteiger partial charge is 0.310 e. The number of hydrogen-bond acceptors (Lipinski definition) is 6. The maximum atomic E-state index is 4.22. The Balaban J connectivity index is 3.20. The fourth-order valence-electron chi connectivity index (χ4n) is 0.690. The minimum atomic E-state index is 0.537. The Labute approximate surface area is 103 Å². The number of rotatable bonds is 3. The van der Waals surface area contributed by atoms with E-state index in [1.165, 1.54) is 0 Å². The van der Waals surface area contributed by atoms with Crippen molar-refractivity contribution in [1.82, 2.24) is 15.0 Å². The summed E-state index contributed by atoms with van der Waals surface area (Å²) in [6.45, 7) is 0. The molecular weight excluding hydrogens is 306 g/mol. The first-order valence-corrected chi connectivity index (χ1v) is 6.66. The fourth-order valence-corrected chi connectivity index (χ4v) is 1.38. The van der Waals surface area contributed by atoms with Crippen LogP contribution in [0.5, 0.6) is 0 Å². The van der Waals surface area contributed by atoms with Crippen LogP contribution in [0.3, 0.4) is 0 Å². The maximum Gasteiger partial charge on any atom is 0.237 e. The molecule has 0 N–H and O–H groups in total. The molecular formula is C3H12N6P6. The Hall–Kier alpha value is 0.990. The summed E-state index contributed by atoms with van der Waals surface area (Å²) in [4.78, 5) is 12.6. The van der Waals surface area contributed by atoms with Crippen molar-refractivity contribution in [2.24, 2.45) is 0 Å². The lowest BCUT2D eigenvalue weighted by Gasteiger charge is -2.17. The van der Waals surface area contributed by atoms with Gasteiger partial charge in [0.05, 0.1) is 0 Å². The van der Waals surface area contributed by atoms with Gasteiger partial charge < -0.3 is 13.3 Å². The van der Waals surface area contributed by atoms with Crippen molar-refractivity contribution in [3.8, 4) is 0 Å². The standard InChI is InChI=1S/C3H12N6P6/c10-7(11)1-4-2(8(12)13)6-3(5-1)9(14)15/h10-15H2. The molecule has 0 spiro atoms. The summed E-state index contributed by atoms with van der Waals surface area (Å²) in [6.07, 6.45) is 0. The van der Waals surface area contributed by atoms with Crippen LogP contribution in [0.2, 0.25) is 0 Å². The molecule has 0 saturated carbocycles. The van der Waals surface area contributed by atoms with Crippen LogP contribution < -0.4 is 13.3 Å². The summed E-state index contributed by atoms with van der Waals surface area (Å²) in [5.41, 5.74) is 0. The van der Waals surface area contributed by atoms with Crippen LogP contribution in [0.15, 0.2) is 0 Å². The maximum absolute atomic E-state index is 4.22. The molecule has 0 aliphatic rings. The van der Waals surface area contributed by atoms with E-state index in [0.717, 1.165) is 0 Å². The van der Waals surface area contributed by atoms with E-state index in [2.05, 4.69) is 71.3 Å². The second-order valence-corrected chi connectivity index (χ2v) is 7.58. The molecule has 0 aliphatic heterocycles. The molecule has 12 heteroatoms. The lowest BCUT2D eigenvalue weighted by molar-refractivity contribution is 1.05. The van der Waals surface area contributed by atoms with E-state index in [-0.39, 0.29) is 0 Å². The van der Waals surface area contributed by atoms with E-state index in [1.807, 2.05) is 0 Å². The number of anilines is 3. The van der Waals surface area contributed by atoms with Crippen LogP contribution in [0.4, 0.5) is 17.8 Å². The molecule has 0 radical (unpaired) electrons. The summed E-state index contributed by atoms with van der Waals surface area (Å²) < 4.78 is 4.98. The van der Waals surface area contributed by atoms with E-state index in [1.54, 1.807) is 13.3 Å². The quantitative estimate of drug-likeness (QED) is 0.776. The van der Waals surface area contributed by atoms with Crippen molar-refractivity contribution < 1.29 is 0 Å².